The highest BCUT2D eigenvalue weighted by Crippen LogP contribution is 2.21. The van der Waals surface area contributed by atoms with E-state index in [1.54, 1.807) is 18.3 Å². The van der Waals surface area contributed by atoms with Gasteiger partial charge in [-0.2, -0.15) is 5.10 Å². The lowest BCUT2D eigenvalue weighted by atomic mass is 10.1. The smallest absolute Gasteiger partial charge is 0.337 e. The molecule has 3 N–H and O–H groups in total. The van der Waals surface area contributed by atoms with E-state index in [0.29, 0.717) is 16.3 Å². The lowest BCUT2D eigenvalue weighted by molar-refractivity contribution is 0.0697. The minimum Gasteiger partial charge on any atom is -0.478 e. The number of aromatic amines is 2. The fraction of sp³-hybridized carbons (Fsp3) is 0. The van der Waals surface area contributed by atoms with Gasteiger partial charge in [-0.05, 0) is 24.3 Å². The number of hydrogen-bond acceptors (Lipinski definition) is 3. The van der Waals surface area contributed by atoms with Gasteiger partial charge in [-0.25, -0.2) is 9.48 Å². The summed E-state index contributed by atoms with van der Waals surface area (Å²) in [5, 5.41) is 20.0. The molecule has 0 radical (unpaired) electrons. The van der Waals surface area contributed by atoms with Crippen molar-refractivity contribution in [2.45, 2.75) is 0 Å². The van der Waals surface area contributed by atoms with Gasteiger partial charge in [-0.15, -0.1) is 0 Å². The number of carboxylic acid groups (broad SMARTS) is 1. The molecule has 4 rings (SSSR count). The van der Waals surface area contributed by atoms with Crippen LogP contribution in [0, 0.1) is 0 Å². The van der Waals surface area contributed by atoms with Gasteiger partial charge in [0.05, 0.1) is 38.7 Å². The molecule has 0 bridgehead atoms. The van der Waals surface area contributed by atoms with E-state index in [1.165, 1.54) is 16.8 Å². The number of nitrogens with zero attached hydrogens (tertiary/aromatic N) is 2. The Morgan fingerprint density at radius 3 is 2.69 bits per heavy atom. The van der Waals surface area contributed by atoms with Crippen molar-refractivity contribution in [1.82, 2.24) is 20.0 Å². The van der Waals surface area contributed by atoms with Crippen molar-refractivity contribution >= 4 is 30.2 Å². The molecule has 0 fully saturated rings. The van der Waals surface area contributed by atoms with E-state index in [1.807, 2.05) is 30.3 Å². The lowest BCUT2D eigenvalue weighted by Gasteiger charge is -2.04. The molecular formula is C21H15ClN4O3. The molecule has 0 aliphatic heterocycles. The van der Waals surface area contributed by atoms with Crippen LogP contribution in [0.1, 0.15) is 15.9 Å². The van der Waals surface area contributed by atoms with E-state index in [2.05, 4.69) is 21.9 Å². The van der Waals surface area contributed by atoms with Crippen molar-refractivity contribution in [1.29, 1.82) is 0 Å². The number of nitrogens with one attached hydrogen (secondary N) is 2. The van der Waals surface area contributed by atoms with Crippen LogP contribution in [0.2, 0.25) is 5.02 Å². The van der Waals surface area contributed by atoms with Crippen LogP contribution in [0.5, 0.6) is 0 Å². The maximum absolute atomic E-state index is 13.0. The number of aromatic nitrogens is 4. The van der Waals surface area contributed by atoms with Crippen LogP contribution in [-0.4, -0.2) is 31.1 Å². The Bertz CT molecular complexity index is 1380. The second kappa shape index (κ2) is 7.29. The third kappa shape index (κ3) is 3.39. The molecule has 0 atom stereocenters. The lowest BCUT2D eigenvalue weighted by Crippen LogP contribution is -2.34. The van der Waals surface area contributed by atoms with Crippen LogP contribution in [0.25, 0.3) is 29.6 Å². The van der Waals surface area contributed by atoms with Crippen LogP contribution < -0.4 is 16.1 Å². The van der Waals surface area contributed by atoms with E-state index in [-0.39, 0.29) is 16.1 Å². The minimum atomic E-state index is -1.18. The standard InChI is InChI=1S/C21H15ClN4O3/c1-12-16(9-14-11-23-24-19(14)13-5-3-2-4-6-13)20(27)26(25-12)15-7-8-18(22)17(10-15)21(28)29/h2-11,25H,1H2,(H,23,24)(H,28,29). The molecule has 0 aliphatic rings. The largest absolute Gasteiger partial charge is 0.478 e. The molecule has 0 saturated carbocycles. The second-order valence-corrected chi connectivity index (χ2v) is 6.73. The van der Waals surface area contributed by atoms with Gasteiger partial charge in [-0.1, -0.05) is 48.5 Å². The van der Waals surface area contributed by atoms with Gasteiger partial charge in [0.25, 0.3) is 5.56 Å². The Labute approximate surface area is 169 Å². The number of carbonyl (C=O) groups is 1. The summed E-state index contributed by atoms with van der Waals surface area (Å²) in [6.45, 7) is 3.90. The van der Waals surface area contributed by atoms with Crippen LogP contribution in [0.4, 0.5) is 0 Å². The summed E-state index contributed by atoms with van der Waals surface area (Å²) in [6.07, 6.45) is 3.32. The van der Waals surface area contributed by atoms with E-state index < -0.39 is 5.97 Å². The van der Waals surface area contributed by atoms with Gasteiger partial charge in [-0.3, -0.25) is 15.0 Å². The van der Waals surface area contributed by atoms with E-state index in [4.69, 9.17) is 11.6 Å². The SMILES string of the molecule is C=c1[nH]n(-c2ccc(Cl)c(C(=O)O)c2)c(=O)c1=Cc1cn[nH]c1-c1ccccc1. The van der Waals surface area contributed by atoms with Crippen LogP contribution in [-0.2, 0) is 0 Å². The molecule has 2 heterocycles. The third-order valence-corrected chi connectivity index (χ3v) is 4.80. The fourth-order valence-corrected chi connectivity index (χ4v) is 3.24. The predicted molar refractivity (Wildman–Crippen MR) is 111 cm³/mol. The fourth-order valence-electron chi connectivity index (χ4n) is 3.04. The van der Waals surface area contributed by atoms with E-state index in [0.717, 1.165) is 16.8 Å². The molecule has 0 amide bonds. The molecule has 8 heteroatoms. The first-order valence-corrected chi connectivity index (χ1v) is 8.97. The second-order valence-electron chi connectivity index (χ2n) is 6.32. The molecule has 0 saturated heterocycles. The molecule has 2 aromatic heterocycles. The van der Waals surface area contributed by atoms with Gasteiger partial charge in [0.1, 0.15) is 0 Å². The van der Waals surface area contributed by atoms with E-state index >= 15 is 0 Å². The summed E-state index contributed by atoms with van der Waals surface area (Å²) in [5.74, 6) is -1.18. The topological polar surface area (TPSA) is 104 Å². The third-order valence-electron chi connectivity index (χ3n) is 4.47. The van der Waals surface area contributed by atoms with Gasteiger partial charge in [0.2, 0.25) is 0 Å². The van der Waals surface area contributed by atoms with Crippen molar-refractivity contribution < 1.29 is 9.90 Å². The Kier molecular flexibility index (Phi) is 4.66. The molecule has 29 heavy (non-hydrogen) atoms. The zero-order valence-corrected chi connectivity index (χ0v) is 15.8. The zero-order chi connectivity index (χ0) is 20.5. The summed E-state index contributed by atoms with van der Waals surface area (Å²) >= 11 is 5.92. The van der Waals surface area contributed by atoms with Crippen molar-refractivity contribution in [3.8, 4) is 16.9 Å². The number of halogens is 1. The first-order chi connectivity index (χ1) is 14.0. The molecule has 0 unspecified atom stereocenters. The summed E-state index contributed by atoms with van der Waals surface area (Å²) in [7, 11) is 0. The van der Waals surface area contributed by atoms with Crippen LogP contribution in [0.3, 0.4) is 0 Å². The number of hydrogen-bond donors (Lipinski definition) is 3. The highest BCUT2D eigenvalue weighted by atomic mass is 35.5. The Balaban J connectivity index is 1.86. The van der Waals surface area contributed by atoms with Crippen molar-refractivity contribution in [2.24, 2.45) is 0 Å². The quantitative estimate of drug-likeness (QED) is 0.483. The zero-order valence-electron chi connectivity index (χ0n) is 15.0. The normalized spacial score (nSPS) is 11.7. The number of H-pyrrole nitrogens is 2. The molecular weight excluding hydrogens is 392 g/mol. The maximum Gasteiger partial charge on any atom is 0.337 e. The van der Waals surface area contributed by atoms with Crippen molar-refractivity contribution in [2.75, 3.05) is 0 Å². The van der Waals surface area contributed by atoms with Gasteiger partial charge in [0, 0.05) is 11.1 Å². The van der Waals surface area contributed by atoms with Gasteiger partial charge in [0.15, 0.2) is 0 Å². The monoisotopic (exact) mass is 406 g/mol. The summed E-state index contributed by atoms with van der Waals surface area (Å²) in [5.41, 5.74) is 2.32. The summed E-state index contributed by atoms with van der Waals surface area (Å²) in [6, 6.07) is 13.9. The van der Waals surface area contributed by atoms with Crippen LogP contribution in [0.15, 0.2) is 59.5 Å². The Morgan fingerprint density at radius 1 is 1.21 bits per heavy atom. The number of carboxylic acids is 1. The van der Waals surface area contributed by atoms with Crippen LogP contribution >= 0.6 is 11.6 Å². The number of rotatable bonds is 4. The van der Waals surface area contributed by atoms with Crippen molar-refractivity contribution in [3.63, 3.8) is 0 Å². The van der Waals surface area contributed by atoms with Gasteiger partial charge >= 0.3 is 5.97 Å². The molecule has 4 aromatic rings. The average molecular weight is 407 g/mol. The summed E-state index contributed by atoms with van der Waals surface area (Å²) < 4.78 is 1.24. The first-order valence-electron chi connectivity index (χ1n) is 8.59. The molecule has 0 spiro atoms. The van der Waals surface area contributed by atoms with Gasteiger partial charge < -0.3 is 5.11 Å². The Morgan fingerprint density at radius 2 is 1.97 bits per heavy atom. The first kappa shape index (κ1) is 18.5. The Hall–Kier alpha value is -3.84. The molecule has 144 valence electrons. The molecule has 0 aliphatic carbocycles. The van der Waals surface area contributed by atoms with Crippen molar-refractivity contribution in [3.05, 3.63) is 91.8 Å². The minimum absolute atomic E-state index is 0.0911. The highest BCUT2D eigenvalue weighted by molar-refractivity contribution is 6.33. The highest BCUT2D eigenvalue weighted by Gasteiger charge is 2.13. The number of aromatic carboxylic acids is 1. The predicted octanol–water partition coefficient (Wildman–Crippen LogP) is 2.15. The molecule has 2 aromatic carbocycles. The maximum atomic E-state index is 13.0. The van der Waals surface area contributed by atoms with E-state index in [9.17, 15) is 14.7 Å². The molecule has 7 nitrogen and oxygen atoms in total. The number of benzene rings is 2. The average Bonchev–Trinajstić information content (AvgIpc) is 3.29. The summed E-state index contributed by atoms with van der Waals surface area (Å²) in [4.78, 5) is 24.3.